The lowest BCUT2D eigenvalue weighted by molar-refractivity contribution is 0.416. The Morgan fingerprint density at radius 3 is 2.74 bits per heavy atom. The Labute approximate surface area is 133 Å². The van der Waals surface area contributed by atoms with Crippen molar-refractivity contribution < 1.29 is 4.42 Å². The largest absolute Gasteiger partial charge is 0.426 e. The van der Waals surface area contributed by atoms with Crippen LogP contribution in [-0.4, -0.2) is 25.4 Å². The molecule has 2 atom stereocenters. The van der Waals surface area contributed by atoms with Crippen LogP contribution in [0.3, 0.4) is 0 Å². The van der Waals surface area contributed by atoms with Gasteiger partial charge in [0.25, 0.3) is 5.56 Å². The van der Waals surface area contributed by atoms with Gasteiger partial charge in [0, 0.05) is 39.5 Å². The SMILES string of the molecule is Cc1nnc(C[C@@H]2CC[C@H](Nc3cc(=O)n(C)c(=O)n3C)C2)o1. The minimum atomic E-state index is -0.323. The summed E-state index contributed by atoms with van der Waals surface area (Å²) in [7, 11) is 3.14. The molecule has 1 saturated carbocycles. The fourth-order valence-corrected chi connectivity index (χ4v) is 3.14. The molecule has 3 rings (SSSR count). The number of rotatable bonds is 4. The molecule has 1 fully saturated rings. The van der Waals surface area contributed by atoms with Crippen LogP contribution in [0.15, 0.2) is 20.1 Å². The number of aromatic nitrogens is 4. The zero-order valence-corrected chi connectivity index (χ0v) is 13.6. The quantitative estimate of drug-likeness (QED) is 0.886. The lowest BCUT2D eigenvalue weighted by Gasteiger charge is -2.17. The highest BCUT2D eigenvalue weighted by molar-refractivity contribution is 5.35. The van der Waals surface area contributed by atoms with Crippen LogP contribution in [0.1, 0.15) is 31.0 Å². The third-order valence-electron chi connectivity index (χ3n) is 4.45. The van der Waals surface area contributed by atoms with Crippen molar-refractivity contribution in [2.45, 2.75) is 38.6 Å². The van der Waals surface area contributed by atoms with Crippen molar-refractivity contribution in [2.24, 2.45) is 20.0 Å². The van der Waals surface area contributed by atoms with Crippen molar-refractivity contribution in [1.29, 1.82) is 0 Å². The standard InChI is InChI=1S/C15H21N5O3/c1-9-17-18-13(23-9)7-10-4-5-11(6-10)16-12-8-14(21)20(3)15(22)19(12)2/h8,10-11,16H,4-7H2,1-3H3/t10-,11+/m1/s1. The van der Waals surface area contributed by atoms with E-state index in [2.05, 4.69) is 15.5 Å². The van der Waals surface area contributed by atoms with Crippen molar-refractivity contribution in [1.82, 2.24) is 19.3 Å². The zero-order valence-electron chi connectivity index (χ0n) is 13.6. The summed E-state index contributed by atoms with van der Waals surface area (Å²) in [6.45, 7) is 1.78. The molecule has 0 bridgehead atoms. The number of nitrogens with one attached hydrogen (secondary N) is 1. The minimum Gasteiger partial charge on any atom is -0.426 e. The first-order valence-corrected chi connectivity index (χ1v) is 7.76. The molecule has 2 aromatic rings. The third-order valence-corrected chi connectivity index (χ3v) is 4.45. The summed E-state index contributed by atoms with van der Waals surface area (Å²) in [5.74, 6) is 2.30. The van der Waals surface area contributed by atoms with Gasteiger partial charge in [-0.15, -0.1) is 10.2 Å². The second-order valence-electron chi connectivity index (χ2n) is 6.21. The van der Waals surface area contributed by atoms with Gasteiger partial charge in [-0.3, -0.25) is 13.9 Å². The van der Waals surface area contributed by atoms with Crippen LogP contribution in [0.2, 0.25) is 0 Å². The Morgan fingerprint density at radius 2 is 2.04 bits per heavy atom. The summed E-state index contributed by atoms with van der Waals surface area (Å²) in [6, 6.07) is 1.71. The predicted octanol–water partition coefficient (Wildman–Crippen LogP) is 0.599. The maximum Gasteiger partial charge on any atom is 0.332 e. The van der Waals surface area contributed by atoms with Crippen LogP contribution >= 0.6 is 0 Å². The van der Waals surface area contributed by atoms with Crippen LogP contribution in [0.4, 0.5) is 5.82 Å². The Morgan fingerprint density at radius 1 is 1.26 bits per heavy atom. The smallest absolute Gasteiger partial charge is 0.332 e. The van der Waals surface area contributed by atoms with Gasteiger partial charge in [-0.25, -0.2) is 4.79 Å². The van der Waals surface area contributed by atoms with Crippen LogP contribution in [0.5, 0.6) is 0 Å². The van der Waals surface area contributed by atoms with Gasteiger partial charge >= 0.3 is 5.69 Å². The molecule has 1 aliphatic carbocycles. The molecule has 2 aromatic heterocycles. The highest BCUT2D eigenvalue weighted by atomic mass is 16.4. The van der Waals surface area contributed by atoms with Gasteiger partial charge in [0.2, 0.25) is 11.8 Å². The average Bonchev–Trinajstić information content (AvgIpc) is 3.12. The molecule has 124 valence electrons. The first-order valence-electron chi connectivity index (χ1n) is 7.76. The maximum atomic E-state index is 12.0. The number of anilines is 1. The number of hydrogen-bond acceptors (Lipinski definition) is 6. The van der Waals surface area contributed by atoms with E-state index < -0.39 is 0 Å². The number of hydrogen-bond donors (Lipinski definition) is 1. The molecular formula is C15H21N5O3. The molecule has 8 nitrogen and oxygen atoms in total. The summed E-state index contributed by atoms with van der Waals surface area (Å²) in [4.78, 5) is 23.7. The molecule has 23 heavy (non-hydrogen) atoms. The highest BCUT2D eigenvalue weighted by Crippen LogP contribution is 2.30. The van der Waals surface area contributed by atoms with E-state index in [4.69, 9.17) is 4.42 Å². The van der Waals surface area contributed by atoms with Crippen molar-refractivity contribution in [2.75, 3.05) is 5.32 Å². The Bertz CT molecular complexity index is 819. The molecule has 0 spiro atoms. The van der Waals surface area contributed by atoms with E-state index in [0.29, 0.717) is 23.5 Å². The monoisotopic (exact) mass is 319 g/mol. The molecule has 0 saturated heterocycles. The summed E-state index contributed by atoms with van der Waals surface area (Å²) < 4.78 is 8.00. The van der Waals surface area contributed by atoms with Gasteiger partial charge in [-0.1, -0.05) is 0 Å². The van der Waals surface area contributed by atoms with E-state index >= 15 is 0 Å². The maximum absolute atomic E-state index is 12.0. The van der Waals surface area contributed by atoms with Gasteiger partial charge < -0.3 is 9.73 Å². The summed E-state index contributed by atoms with van der Waals surface area (Å²) in [5.41, 5.74) is -0.623. The van der Waals surface area contributed by atoms with Crippen molar-refractivity contribution in [3.8, 4) is 0 Å². The summed E-state index contributed by atoms with van der Waals surface area (Å²) >= 11 is 0. The van der Waals surface area contributed by atoms with Gasteiger partial charge in [0.1, 0.15) is 5.82 Å². The van der Waals surface area contributed by atoms with Gasteiger partial charge in [-0.05, 0) is 25.2 Å². The summed E-state index contributed by atoms with van der Waals surface area (Å²) in [6.07, 6.45) is 3.76. The molecule has 0 unspecified atom stereocenters. The van der Waals surface area contributed by atoms with E-state index in [9.17, 15) is 9.59 Å². The van der Waals surface area contributed by atoms with Crippen LogP contribution in [-0.2, 0) is 20.5 Å². The van der Waals surface area contributed by atoms with Crippen LogP contribution < -0.4 is 16.6 Å². The van der Waals surface area contributed by atoms with Crippen molar-refractivity contribution in [3.05, 3.63) is 38.7 Å². The van der Waals surface area contributed by atoms with Crippen molar-refractivity contribution in [3.63, 3.8) is 0 Å². The first kappa shape index (κ1) is 15.5. The molecule has 2 heterocycles. The molecule has 0 radical (unpaired) electrons. The fraction of sp³-hybridized carbons (Fsp3) is 0.600. The Balaban J connectivity index is 1.66. The second kappa shape index (κ2) is 6.02. The normalized spacial score (nSPS) is 20.8. The predicted molar refractivity (Wildman–Crippen MR) is 84.4 cm³/mol. The average molecular weight is 319 g/mol. The molecule has 1 N–H and O–H groups in total. The van der Waals surface area contributed by atoms with E-state index in [0.717, 1.165) is 30.3 Å². The zero-order chi connectivity index (χ0) is 16.6. The third kappa shape index (κ3) is 3.20. The van der Waals surface area contributed by atoms with E-state index in [-0.39, 0.29) is 17.3 Å². The first-order chi connectivity index (χ1) is 10.9. The molecule has 0 amide bonds. The second-order valence-corrected chi connectivity index (χ2v) is 6.21. The van der Waals surface area contributed by atoms with Crippen LogP contribution in [0.25, 0.3) is 0 Å². The topological polar surface area (TPSA) is 95.0 Å². The minimum absolute atomic E-state index is 0.238. The Kier molecular flexibility index (Phi) is 4.06. The number of nitrogens with zero attached hydrogens (tertiary/aromatic N) is 4. The Hall–Kier alpha value is -2.38. The van der Waals surface area contributed by atoms with Gasteiger partial charge in [-0.2, -0.15) is 0 Å². The van der Waals surface area contributed by atoms with E-state index in [1.54, 1.807) is 14.0 Å². The van der Waals surface area contributed by atoms with Gasteiger partial charge in [0.05, 0.1) is 0 Å². The molecular weight excluding hydrogens is 298 g/mol. The molecule has 1 aliphatic rings. The van der Waals surface area contributed by atoms with E-state index in [1.165, 1.54) is 17.7 Å². The van der Waals surface area contributed by atoms with E-state index in [1.807, 2.05) is 0 Å². The summed E-state index contributed by atoms with van der Waals surface area (Å²) in [5, 5.41) is 11.2. The highest BCUT2D eigenvalue weighted by Gasteiger charge is 2.27. The molecule has 8 heteroatoms. The fourth-order valence-electron chi connectivity index (χ4n) is 3.14. The molecule has 0 aromatic carbocycles. The lowest BCUT2D eigenvalue weighted by Crippen LogP contribution is -2.38. The number of aryl methyl sites for hydroxylation is 1. The lowest BCUT2D eigenvalue weighted by atomic mass is 10.0. The van der Waals surface area contributed by atoms with Crippen LogP contribution in [0, 0.1) is 12.8 Å². The molecule has 0 aliphatic heterocycles. The van der Waals surface area contributed by atoms with Crippen molar-refractivity contribution >= 4 is 5.82 Å². The van der Waals surface area contributed by atoms with Gasteiger partial charge in [0.15, 0.2) is 0 Å².